The highest BCUT2D eigenvalue weighted by Gasteiger charge is 2.25. The van der Waals surface area contributed by atoms with Crippen LogP contribution < -0.4 is 0 Å². The molecule has 3 nitrogen and oxygen atoms in total. The summed E-state index contributed by atoms with van der Waals surface area (Å²) < 4.78 is 5.46. The van der Waals surface area contributed by atoms with Crippen molar-refractivity contribution in [2.45, 2.75) is 51.6 Å². The lowest BCUT2D eigenvalue weighted by Crippen LogP contribution is -2.37. The topological polar surface area (TPSA) is 29.5 Å². The number of ether oxygens (including phenoxy) is 1. The monoisotopic (exact) mass is 309 g/mol. The molecular formula is C17H24ClNO2. The van der Waals surface area contributed by atoms with Gasteiger partial charge in [-0.3, -0.25) is 0 Å². The second-order valence-corrected chi connectivity index (χ2v) is 7.08. The van der Waals surface area contributed by atoms with E-state index in [2.05, 4.69) is 12.1 Å². The van der Waals surface area contributed by atoms with E-state index in [0.29, 0.717) is 5.92 Å². The number of amides is 1. The van der Waals surface area contributed by atoms with E-state index in [1.165, 1.54) is 5.56 Å². The molecule has 116 valence electrons. The molecule has 1 aliphatic heterocycles. The van der Waals surface area contributed by atoms with Crippen molar-refractivity contribution < 1.29 is 9.53 Å². The molecule has 0 N–H and O–H groups in total. The molecule has 1 saturated heterocycles. The van der Waals surface area contributed by atoms with Crippen LogP contribution in [0.1, 0.15) is 51.5 Å². The van der Waals surface area contributed by atoms with Crippen molar-refractivity contribution in [1.29, 1.82) is 0 Å². The summed E-state index contributed by atoms with van der Waals surface area (Å²) in [4.78, 5) is 14.0. The van der Waals surface area contributed by atoms with Crippen molar-refractivity contribution in [2.75, 3.05) is 13.1 Å². The number of benzene rings is 1. The van der Waals surface area contributed by atoms with Gasteiger partial charge in [0.05, 0.1) is 0 Å². The number of likely N-dealkylation sites (tertiary alicyclic amines) is 1. The molecule has 1 aromatic carbocycles. The van der Waals surface area contributed by atoms with Crippen molar-refractivity contribution in [1.82, 2.24) is 4.90 Å². The largest absolute Gasteiger partial charge is 0.444 e. The molecule has 1 atom stereocenters. The fourth-order valence-corrected chi connectivity index (χ4v) is 2.80. The van der Waals surface area contributed by atoms with Gasteiger partial charge in [-0.05, 0) is 63.6 Å². The first kappa shape index (κ1) is 16.2. The molecular weight excluding hydrogens is 286 g/mol. The van der Waals surface area contributed by atoms with Crippen LogP contribution in [0, 0.1) is 0 Å². The lowest BCUT2D eigenvalue weighted by atomic mass is 9.92. The van der Waals surface area contributed by atoms with Crippen LogP contribution in [0.15, 0.2) is 24.3 Å². The fourth-order valence-electron chi connectivity index (χ4n) is 2.67. The number of rotatable bonds is 1. The summed E-state index contributed by atoms with van der Waals surface area (Å²) in [5.41, 5.74) is 0.879. The fraction of sp³-hybridized carbons (Fsp3) is 0.588. The van der Waals surface area contributed by atoms with Crippen LogP contribution >= 0.6 is 11.6 Å². The molecule has 1 aliphatic rings. The Morgan fingerprint density at radius 3 is 2.48 bits per heavy atom. The molecule has 1 fully saturated rings. The standard InChI is InChI=1S/C17H24ClNO2/c1-17(2,3)21-16(20)19-11-4-5-13(10-12-19)14-6-8-15(18)9-7-14/h6-9,13H,4-5,10-12H2,1-3H3/t13-/m1/s1. The van der Waals surface area contributed by atoms with Gasteiger partial charge >= 0.3 is 6.09 Å². The van der Waals surface area contributed by atoms with E-state index < -0.39 is 5.60 Å². The molecule has 21 heavy (non-hydrogen) atoms. The third kappa shape index (κ3) is 4.92. The summed E-state index contributed by atoms with van der Waals surface area (Å²) in [6, 6.07) is 8.06. The molecule has 0 aromatic heterocycles. The van der Waals surface area contributed by atoms with Gasteiger partial charge in [0.15, 0.2) is 0 Å². The molecule has 0 saturated carbocycles. The van der Waals surface area contributed by atoms with E-state index in [4.69, 9.17) is 16.3 Å². The van der Waals surface area contributed by atoms with Crippen LogP contribution in [0.25, 0.3) is 0 Å². The molecule has 0 bridgehead atoms. The maximum atomic E-state index is 12.1. The van der Waals surface area contributed by atoms with Gasteiger partial charge in [0.25, 0.3) is 0 Å². The summed E-state index contributed by atoms with van der Waals surface area (Å²) >= 11 is 5.94. The molecule has 2 rings (SSSR count). The second-order valence-electron chi connectivity index (χ2n) is 6.65. The third-order valence-electron chi connectivity index (χ3n) is 3.72. The third-order valence-corrected chi connectivity index (χ3v) is 3.97. The number of hydrogen-bond acceptors (Lipinski definition) is 2. The number of halogens is 1. The van der Waals surface area contributed by atoms with Gasteiger partial charge in [0, 0.05) is 18.1 Å². The highest BCUT2D eigenvalue weighted by molar-refractivity contribution is 6.30. The van der Waals surface area contributed by atoms with E-state index in [-0.39, 0.29) is 6.09 Å². The zero-order chi connectivity index (χ0) is 15.5. The summed E-state index contributed by atoms with van der Waals surface area (Å²) in [7, 11) is 0. The van der Waals surface area contributed by atoms with Crippen LogP contribution in [0.5, 0.6) is 0 Å². The minimum Gasteiger partial charge on any atom is -0.444 e. The number of hydrogen-bond donors (Lipinski definition) is 0. The zero-order valence-corrected chi connectivity index (χ0v) is 13.8. The van der Waals surface area contributed by atoms with Crippen molar-refractivity contribution in [3.8, 4) is 0 Å². The first-order chi connectivity index (χ1) is 9.85. The van der Waals surface area contributed by atoms with Crippen molar-refractivity contribution in [3.63, 3.8) is 0 Å². The van der Waals surface area contributed by atoms with Gasteiger partial charge in [-0.1, -0.05) is 23.7 Å². The van der Waals surface area contributed by atoms with Gasteiger partial charge < -0.3 is 9.64 Å². The molecule has 0 spiro atoms. The molecule has 0 aliphatic carbocycles. The summed E-state index contributed by atoms with van der Waals surface area (Å²) in [5, 5.41) is 0.766. The van der Waals surface area contributed by atoms with E-state index in [1.54, 1.807) is 0 Å². The summed E-state index contributed by atoms with van der Waals surface area (Å²) in [5.74, 6) is 0.495. The Morgan fingerprint density at radius 2 is 1.86 bits per heavy atom. The smallest absolute Gasteiger partial charge is 0.410 e. The molecule has 1 aromatic rings. The number of nitrogens with zero attached hydrogens (tertiary/aromatic N) is 1. The van der Waals surface area contributed by atoms with E-state index in [1.807, 2.05) is 37.8 Å². The average molecular weight is 310 g/mol. The zero-order valence-electron chi connectivity index (χ0n) is 13.1. The van der Waals surface area contributed by atoms with Crippen LogP contribution in [0.4, 0.5) is 4.79 Å². The summed E-state index contributed by atoms with van der Waals surface area (Å²) in [6.07, 6.45) is 2.88. The number of carbonyl (C=O) groups is 1. The first-order valence-corrected chi connectivity index (χ1v) is 7.96. The Labute approximate surface area is 132 Å². The van der Waals surface area contributed by atoms with E-state index in [0.717, 1.165) is 37.4 Å². The molecule has 0 unspecified atom stereocenters. The van der Waals surface area contributed by atoms with Gasteiger partial charge in [-0.15, -0.1) is 0 Å². The maximum absolute atomic E-state index is 12.1. The van der Waals surface area contributed by atoms with Gasteiger partial charge in [0.1, 0.15) is 5.60 Å². The second kappa shape index (κ2) is 6.69. The van der Waals surface area contributed by atoms with Crippen molar-refractivity contribution in [2.24, 2.45) is 0 Å². The minimum atomic E-state index is -0.432. The van der Waals surface area contributed by atoms with Gasteiger partial charge in [-0.2, -0.15) is 0 Å². The van der Waals surface area contributed by atoms with Crippen LogP contribution in [-0.2, 0) is 4.74 Å². The summed E-state index contributed by atoms with van der Waals surface area (Å²) in [6.45, 7) is 7.24. The number of carbonyl (C=O) groups excluding carboxylic acids is 1. The van der Waals surface area contributed by atoms with E-state index >= 15 is 0 Å². The highest BCUT2D eigenvalue weighted by Crippen LogP contribution is 2.29. The molecule has 1 heterocycles. The van der Waals surface area contributed by atoms with E-state index in [9.17, 15) is 4.79 Å². The Hall–Kier alpha value is -1.22. The van der Waals surface area contributed by atoms with Crippen molar-refractivity contribution >= 4 is 17.7 Å². The molecule has 0 radical (unpaired) electrons. The average Bonchev–Trinajstić information content (AvgIpc) is 2.63. The first-order valence-electron chi connectivity index (χ1n) is 7.58. The van der Waals surface area contributed by atoms with Gasteiger partial charge in [-0.25, -0.2) is 4.79 Å². The Kier molecular flexibility index (Phi) is 5.15. The molecule has 4 heteroatoms. The maximum Gasteiger partial charge on any atom is 0.410 e. The minimum absolute atomic E-state index is 0.195. The lowest BCUT2D eigenvalue weighted by Gasteiger charge is -2.26. The normalized spacial score (nSPS) is 20.0. The predicted molar refractivity (Wildman–Crippen MR) is 85.9 cm³/mol. The Morgan fingerprint density at radius 1 is 1.19 bits per heavy atom. The quantitative estimate of drug-likeness (QED) is 0.742. The van der Waals surface area contributed by atoms with Crippen LogP contribution in [0.3, 0.4) is 0 Å². The van der Waals surface area contributed by atoms with Crippen LogP contribution in [-0.4, -0.2) is 29.7 Å². The lowest BCUT2D eigenvalue weighted by molar-refractivity contribution is 0.0256. The predicted octanol–water partition coefficient (Wildman–Crippen LogP) is 4.84. The Balaban J connectivity index is 1.95. The molecule has 1 amide bonds. The van der Waals surface area contributed by atoms with Crippen LogP contribution in [0.2, 0.25) is 5.02 Å². The van der Waals surface area contributed by atoms with Gasteiger partial charge in [0.2, 0.25) is 0 Å². The highest BCUT2D eigenvalue weighted by atomic mass is 35.5. The Bertz CT molecular complexity index is 479. The van der Waals surface area contributed by atoms with Crippen molar-refractivity contribution in [3.05, 3.63) is 34.9 Å². The SMILES string of the molecule is CC(C)(C)OC(=O)N1CCC[C@@H](c2ccc(Cl)cc2)CC1.